The number of carboxylic acids is 1. The van der Waals surface area contributed by atoms with Crippen molar-refractivity contribution in [1.82, 2.24) is 9.80 Å². The normalized spacial score (nSPS) is 17.8. The summed E-state index contributed by atoms with van der Waals surface area (Å²) < 4.78 is 5.70. The van der Waals surface area contributed by atoms with E-state index >= 15 is 0 Å². The maximum Gasteiger partial charge on any atom is 0.337 e. The number of thioether (sulfide) groups is 1. The molecule has 0 bridgehead atoms. The molecule has 2 aliphatic rings. The molecule has 31 heavy (non-hydrogen) atoms. The van der Waals surface area contributed by atoms with Crippen molar-refractivity contribution in [2.24, 2.45) is 0 Å². The molecular formula is C21H17ClN2O6S. The van der Waals surface area contributed by atoms with Gasteiger partial charge in [0.1, 0.15) is 18.1 Å². The summed E-state index contributed by atoms with van der Waals surface area (Å²) in [6.45, 7) is 1.02. The molecule has 3 heterocycles. The number of rotatable bonds is 5. The molecule has 2 saturated heterocycles. The smallest absolute Gasteiger partial charge is 0.337 e. The zero-order chi connectivity index (χ0) is 22.1. The Hall–Kier alpha value is -3.04. The van der Waals surface area contributed by atoms with Crippen molar-refractivity contribution in [3.63, 3.8) is 0 Å². The molecule has 0 atom stereocenters. The van der Waals surface area contributed by atoms with E-state index in [9.17, 15) is 24.3 Å². The van der Waals surface area contributed by atoms with Crippen LogP contribution in [-0.2, 0) is 9.59 Å². The van der Waals surface area contributed by atoms with Gasteiger partial charge >= 0.3 is 5.97 Å². The predicted molar refractivity (Wildman–Crippen MR) is 115 cm³/mol. The number of halogens is 1. The Balaban J connectivity index is 1.51. The summed E-state index contributed by atoms with van der Waals surface area (Å²) in [7, 11) is 0. The van der Waals surface area contributed by atoms with Crippen molar-refractivity contribution in [3.8, 4) is 11.3 Å². The molecule has 1 aromatic heterocycles. The lowest BCUT2D eigenvalue weighted by atomic mass is 10.1. The Bertz CT molecular complexity index is 1120. The van der Waals surface area contributed by atoms with Gasteiger partial charge in [-0.15, -0.1) is 0 Å². The summed E-state index contributed by atoms with van der Waals surface area (Å²) in [6.07, 6.45) is 3.29. The van der Waals surface area contributed by atoms with Crippen molar-refractivity contribution in [1.29, 1.82) is 0 Å². The van der Waals surface area contributed by atoms with Crippen molar-refractivity contribution in [2.45, 2.75) is 12.8 Å². The van der Waals surface area contributed by atoms with Crippen LogP contribution in [0.25, 0.3) is 17.4 Å². The van der Waals surface area contributed by atoms with Crippen LogP contribution in [0.1, 0.15) is 29.0 Å². The van der Waals surface area contributed by atoms with Gasteiger partial charge in [-0.1, -0.05) is 11.6 Å². The molecule has 8 nitrogen and oxygen atoms in total. The van der Waals surface area contributed by atoms with E-state index < -0.39 is 17.1 Å². The zero-order valence-corrected chi connectivity index (χ0v) is 17.7. The molecular weight excluding hydrogens is 444 g/mol. The molecule has 0 aliphatic carbocycles. The standard InChI is InChI=1S/C21H17ClN2O6S/c22-15-5-3-12(9-14(15)20(27)28)16-6-4-13(30-16)10-17-19(26)24(21(29)31-17)11-18(25)23-7-1-2-8-23/h3-6,9-10H,1-2,7-8,11H2,(H,27,28)/b17-10+. The van der Waals surface area contributed by atoms with Crippen LogP contribution in [0.5, 0.6) is 0 Å². The van der Waals surface area contributed by atoms with E-state index in [1.54, 1.807) is 23.1 Å². The van der Waals surface area contributed by atoms with Gasteiger partial charge in [0.25, 0.3) is 11.1 Å². The number of imide groups is 1. The van der Waals surface area contributed by atoms with Gasteiger partial charge < -0.3 is 14.4 Å². The Kier molecular flexibility index (Phi) is 5.88. The van der Waals surface area contributed by atoms with Gasteiger partial charge in [0.2, 0.25) is 5.91 Å². The molecule has 1 aromatic carbocycles. The maximum atomic E-state index is 12.6. The van der Waals surface area contributed by atoms with Crippen LogP contribution in [-0.4, -0.2) is 57.6 Å². The van der Waals surface area contributed by atoms with E-state index in [1.807, 2.05) is 0 Å². The highest BCUT2D eigenvalue weighted by atomic mass is 35.5. The monoisotopic (exact) mass is 460 g/mol. The highest BCUT2D eigenvalue weighted by Gasteiger charge is 2.37. The molecule has 2 fully saturated rings. The minimum absolute atomic E-state index is 0.0547. The van der Waals surface area contributed by atoms with Crippen LogP contribution >= 0.6 is 23.4 Å². The van der Waals surface area contributed by atoms with Crippen molar-refractivity contribution >= 4 is 52.5 Å². The van der Waals surface area contributed by atoms with Gasteiger partial charge in [-0.25, -0.2) is 4.79 Å². The Morgan fingerprint density at radius 1 is 1.16 bits per heavy atom. The van der Waals surface area contributed by atoms with E-state index in [2.05, 4.69) is 0 Å². The number of hydrogen-bond acceptors (Lipinski definition) is 6. The summed E-state index contributed by atoms with van der Waals surface area (Å²) in [5.41, 5.74) is 0.451. The molecule has 2 aromatic rings. The molecule has 0 saturated carbocycles. The molecule has 10 heteroatoms. The summed E-state index contributed by atoms with van der Waals surface area (Å²) >= 11 is 6.64. The lowest BCUT2D eigenvalue weighted by molar-refractivity contribution is -0.135. The fraction of sp³-hybridized carbons (Fsp3) is 0.238. The van der Waals surface area contributed by atoms with Gasteiger partial charge in [-0.05, 0) is 54.9 Å². The van der Waals surface area contributed by atoms with Crippen LogP contribution in [0.2, 0.25) is 5.02 Å². The zero-order valence-electron chi connectivity index (χ0n) is 16.2. The van der Waals surface area contributed by atoms with E-state index in [0.29, 0.717) is 30.2 Å². The van der Waals surface area contributed by atoms with E-state index in [1.165, 1.54) is 18.2 Å². The van der Waals surface area contributed by atoms with Gasteiger partial charge in [-0.2, -0.15) is 0 Å². The number of amides is 3. The highest BCUT2D eigenvalue weighted by molar-refractivity contribution is 8.18. The first-order valence-corrected chi connectivity index (χ1v) is 10.7. The topological polar surface area (TPSA) is 108 Å². The number of nitrogens with zero attached hydrogens (tertiary/aromatic N) is 2. The Morgan fingerprint density at radius 3 is 2.61 bits per heavy atom. The molecule has 0 unspecified atom stereocenters. The third-order valence-corrected chi connectivity index (χ3v) is 6.24. The van der Waals surface area contributed by atoms with E-state index in [4.69, 9.17) is 16.0 Å². The van der Waals surface area contributed by atoms with E-state index in [0.717, 1.165) is 29.5 Å². The highest BCUT2D eigenvalue weighted by Crippen LogP contribution is 2.34. The second-order valence-corrected chi connectivity index (χ2v) is 8.46. The van der Waals surface area contributed by atoms with Gasteiger partial charge in [0, 0.05) is 24.7 Å². The second-order valence-electron chi connectivity index (χ2n) is 7.06. The number of aromatic carboxylic acids is 1. The average molecular weight is 461 g/mol. The molecule has 4 rings (SSSR count). The Labute approximate surface area is 186 Å². The van der Waals surface area contributed by atoms with Gasteiger partial charge in [0.15, 0.2) is 0 Å². The second kappa shape index (κ2) is 8.60. The maximum absolute atomic E-state index is 12.6. The summed E-state index contributed by atoms with van der Waals surface area (Å²) in [5.74, 6) is -1.23. The van der Waals surface area contributed by atoms with E-state index in [-0.39, 0.29) is 27.9 Å². The summed E-state index contributed by atoms with van der Waals surface area (Å²) in [4.78, 5) is 51.2. The van der Waals surface area contributed by atoms with Crippen LogP contribution in [0, 0.1) is 0 Å². The summed E-state index contributed by atoms with van der Waals surface area (Å²) in [5, 5.41) is 8.82. The molecule has 3 amide bonds. The average Bonchev–Trinajstić information content (AvgIpc) is 3.47. The molecule has 2 aliphatic heterocycles. The molecule has 1 N–H and O–H groups in total. The fourth-order valence-corrected chi connectivity index (χ4v) is 4.41. The van der Waals surface area contributed by atoms with Gasteiger partial charge in [0.05, 0.1) is 15.5 Å². The number of benzene rings is 1. The third-order valence-electron chi connectivity index (χ3n) is 5.01. The number of carboxylic acid groups (broad SMARTS) is 1. The predicted octanol–water partition coefficient (Wildman–Crippen LogP) is 3.96. The quantitative estimate of drug-likeness (QED) is 0.673. The Morgan fingerprint density at radius 2 is 1.90 bits per heavy atom. The van der Waals surface area contributed by atoms with Crippen LogP contribution in [0.15, 0.2) is 39.7 Å². The van der Waals surface area contributed by atoms with Crippen LogP contribution in [0.4, 0.5) is 4.79 Å². The number of likely N-dealkylation sites (tertiary alicyclic amines) is 1. The van der Waals surface area contributed by atoms with Crippen LogP contribution < -0.4 is 0 Å². The SMILES string of the molecule is O=C(O)c1cc(-c2ccc(/C=C3/SC(=O)N(CC(=O)N4CCCC4)C3=O)o2)ccc1Cl. The molecule has 160 valence electrons. The minimum Gasteiger partial charge on any atom is -0.478 e. The van der Waals surface area contributed by atoms with Crippen molar-refractivity contribution in [3.05, 3.63) is 51.6 Å². The van der Waals surface area contributed by atoms with Crippen LogP contribution in [0.3, 0.4) is 0 Å². The largest absolute Gasteiger partial charge is 0.478 e. The fourth-order valence-electron chi connectivity index (χ4n) is 3.40. The minimum atomic E-state index is -1.16. The number of carbonyl (C=O) groups excluding carboxylic acids is 3. The third kappa shape index (κ3) is 4.38. The number of hydrogen-bond donors (Lipinski definition) is 1. The lowest BCUT2D eigenvalue weighted by Crippen LogP contribution is -2.40. The molecule has 0 radical (unpaired) electrons. The number of furan rings is 1. The van der Waals surface area contributed by atoms with Crippen molar-refractivity contribution in [2.75, 3.05) is 19.6 Å². The van der Waals surface area contributed by atoms with Gasteiger partial charge in [-0.3, -0.25) is 19.3 Å². The first kappa shape index (κ1) is 21.2. The number of carbonyl (C=O) groups is 4. The summed E-state index contributed by atoms with van der Waals surface area (Å²) in [6, 6.07) is 7.71. The lowest BCUT2D eigenvalue weighted by Gasteiger charge is -2.18. The first-order chi connectivity index (χ1) is 14.8. The van der Waals surface area contributed by atoms with Crippen molar-refractivity contribution < 1.29 is 28.7 Å². The first-order valence-electron chi connectivity index (χ1n) is 9.49. The molecule has 0 spiro atoms.